The summed E-state index contributed by atoms with van der Waals surface area (Å²) in [7, 11) is -8.18. The Balaban J connectivity index is 0.000000244. The standard InChI is InChI=1S/C13H13NO4S2.C7H9BO4S.C6H6BrNO2S/c1-3-18-13(15)11-8-19-12(14-11)9-5-4-6-10(7-9)20(2,16)17;1-13(11,12)7-4-2-3-6(5-7)8(9)10;1-2-10-5(9)4-3-11-6(7)8-4/h4-8H,3H2,1-2H3;2-5,9-10H,1H3;3H,2H2,1H3. The molecule has 0 saturated carbocycles. The highest BCUT2D eigenvalue weighted by atomic mass is 79.9. The molecule has 2 aromatic carbocycles. The zero-order chi connectivity index (χ0) is 33.1. The molecule has 4 rings (SSSR count). The average Bonchev–Trinajstić information content (AvgIpc) is 3.63. The molecule has 12 nitrogen and oxygen atoms in total. The largest absolute Gasteiger partial charge is 0.488 e. The minimum atomic E-state index is -3.28. The van der Waals surface area contributed by atoms with Crippen LogP contribution in [0.15, 0.2) is 73.0 Å². The first kappa shape index (κ1) is 37.2. The molecule has 236 valence electrons. The number of carbonyl (C=O) groups is 2. The predicted octanol–water partition coefficient (Wildman–Crippen LogP) is 3.24. The zero-order valence-electron chi connectivity index (χ0n) is 23.8. The van der Waals surface area contributed by atoms with E-state index < -0.39 is 32.8 Å². The number of ether oxygens (including phenoxy) is 2. The van der Waals surface area contributed by atoms with Crippen LogP contribution in [0.25, 0.3) is 10.6 Å². The first-order valence-electron chi connectivity index (χ1n) is 12.4. The highest BCUT2D eigenvalue weighted by Gasteiger charge is 2.15. The van der Waals surface area contributed by atoms with E-state index >= 15 is 0 Å². The monoisotopic (exact) mass is 746 g/mol. The summed E-state index contributed by atoms with van der Waals surface area (Å²) in [6, 6.07) is 12.0. The lowest BCUT2D eigenvalue weighted by Gasteiger charge is -2.01. The first-order valence-corrected chi connectivity index (χ1v) is 18.8. The van der Waals surface area contributed by atoms with Gasteiger partial charge in [0.25, 0.3) is 0 Å². The SMILES string of the molecule is CCOC(=O)c1csc(-c2cccc(S(C)(=O)=O)c2)n1.CCOC(=O)c1csc(Br)n1.CS(=O)(=O)c1cccc(B(O)O)c1. The van der Waals surface area contributed by atoms with Gasteiger partial charge in [0, 0.05) is 28.8 Å². The Morgan fingerprint density at radius 2 is 1.32 bits per heavy atom. The van der Waals surface area contributed by atoms with Gasteiger partial charge in [0.1, 0.15) is 5.01 Å². The second-order valence-corrected chi connectivity index (χ2v) is 15.5. The van der Waals surface area contributed by atoms with Crippen LogP contribution in [0.1, 0.15) is 34.8 Å². The van der Waals surface area contributed by atoms with Crippen molar-refractivity contribution in [1.82, 2.24) is 9.97 Å². The minimum absolute atomic E-state index is 0.0816. The number of hydrogen-bond donors (Lipinski definition) is 2. The van der Waals surface area contributed by atoms with Crippen molar-refractivity contribution in [2.75, 3.05) is 25.7 Å². The van der Waals surface area contributed by atoms with E-state index in [1.54, 1.807) is 42.8 Å². The van der Waals surface area contributed by atoms with Crippen LogP contribution in [-0.2, 0) is 29.1 Å². The zero-order valence-corrected chi connectivity index (χ0v) is 28.7. The van der Waals surface area contributed by atoms with Crippen molar-refractivity contribution in [1.29, 1.82) is 0 Å². The molecule has 0 aliphatic heterocycles. The van der Waals surface area contributed by atoms with Crippen LogP contribution in [0.4, 0.5) is 0 Å². The second kappa shape index (κ2) is 16.9. The van der Waals surface area contributed by atoms with Crippen molar-refractivity contribution in [3.8, 4) is 10.6 Å². The number of carbonyl (C=O) groups excluding carboxylic acids is 2. The van der Waals surface area contributed by atoms with Gasteiger partial charge in [0.15, 0.2) is 35.0 Å². The first-order chi connectivity index (χ1) is 20.6. The molecule has 0 saturated heterocycles. The van der Waals surface area contributed by atoms with Crippen LogP contribution in [0.5, 0.6) is 0 Å². The molecule has 0 atom stereocenters. The van der Waals surface area contributed by atoms with Gasteiger partial charge in [-0.1, -0.05) is 24.3 Å². The summed E-state index contributed by atoms with van der Waals surface area (Å²) >= 11 is 5.78. The smallest absolute Gasteiger partial charge is 0.461 e. The summed E-state index contributed by atoms with van der Waals surface area (Å²) in [4.78, 5) is 30.9. The number of thiazole rings is 2. The van der Waals surface area contributed by atoms with E-state index in [-0.39, 0.29) is 33.5 Å². The predicted molar refractivity (Wildman–Crippen MR) is 172 cm³/mol. The Morgan fingerprint density at radius 3 is 1.80 bits per heavy atom. The van der Waals surface area contributed by atoms with E-state index in [2.05, 4.69) is 25.9 Å². The van der Waals surface area contributed by atoms with Crippen LogP contribution in [-0.4, -0.2) is 81.6 Å². The lowest BCUT2D eigenvalue weighted by Crippen LogP contribution is -2.30. The summed E-state index contributed by atoms with van der Waals surface area (Å²) in [5.41, 5.74) is 1.43. The number of halogens is 1. The van der Waals surface area contributed by atoms with Gasteiger partial charge in [-0.2, -0.15) is 0 Å². The number of nitrogens with zero attached hydrogens (tertiary/aromatic N) is 2. The third kappa shape index (κ3) is 11.8. The fourth-order valence-corrected chi connectivity index (χ4v) is 6.13. The fraction of sp³-hybridized carbons (Fsp3) is 0.231. The number of rotatable bonds is 8. The van der Waals surface area contributed by atoms with E-state index in [9.17, 15) is 26.4 Å². The van der Waals surface area contributed by atoms with Crippen molar-refractivity contribution in [2.24, 2.45) is 0 Å². The molecular weight excluding hydrogens is 719 g/mol. The molecule has 0 amide bonds. The van der Waals surface area contributed by atoms with Gasteiger partial charge in [-0.3, -0.25) is 0 Å². The normalized spacial score (nSPS) is 10.9. The van der Waals surface area contributed by atoms with E-state index in [4.69, 9.17) is 19.5 Å². The van der Waals surface area contributed by atoms with E-state index in [1.807, 2.05) is 0 Å². The van der Waals surface area contributed by atoms with Crippen LogP contribution < -0.4 is 5.46 Å². The summed E-state index contributed by atoms with van der Waals surface area (Å²) in [5, 5.41) is 21.4. The molecule has 0 bridgehead atoms. The number of benzene rings is 2. The van der Waals surface area contributed by atoms with Crippen molar-refractivity contribution in [3.05, 3.63) is 74.6 Å². The van der Waals surface area contributed by atoms with Crippen molar-refractivity contribution in [3.63, 3.8) is 0 Å². The molecular formula is C26H28BBrN2O10S4. The molecule has 2 N–H and O–H groups in total. The summed E-state index contributed by atoms with van der Waals surface area (Å²) < 4.78 is 55.4. The Hall–Kier alpha value is -3.00. The van der Waals surface area contributed by atoms with Crippen molar-refractivity contribution < 1.29 is 45.9 Å². The maximum absolute atomic E-state index is 11.5. The highest BCUT2D eigenvalue weighted by molar-refractivity contribution is 9.11. The van der Waals surface area contributed by atoms with Gasteiger partial charge < -0.3 is 19.5 Å². The van der Waals surface area contributed by atoms with Gasteiger partial charge in [-0.05, 0) is 59.5 Å². The number of hydrogen-bond acceptors (Lipinski definition) is 14. The molecule has 2 aromatic heterocycles. The van der Waals surface area contributed by atoms with Crippen LogP contribution in [0, 0.1) is 0 Å². The number of aromatic nitrogens is 2. The Bertz CT molecular complexity index is 1790. The summed E-state index contributed by atoms with van der Waals surface area (Å²) in [5.74, 6) is -0.844. The molecule has 0 radical (unpaired) electrons. The molecule has 4 aromatic rings. The molecule has 18 heteroatoms. The van der Waals surface area contributed by atoms with Gasteiger partial charge >= 0.3 is 19.1 Å². The topological polar surface area (TPSA) is 187 Å². The van der Waals surface area contributed by atoms with Gasteiger partial charge in [-0.25, -0.2) is 36.4 Å². The van der Waals surface area contributed by atoms with Crippen molar-refractivity contribution in [2.45, 2.75) is 23.6 Å². The summed E-state index contributed by atoms with van der Waals surface area (Å²) in [6.07, 6.45) is 2.22. The van der Waals surface area contributed by atoms with Gasteiger partial charge in [0.05, 0.1) is 23.0 Å². The van der Waals surface area contributed by atoms with Crippen LogP contribution >= 0.6 is 38.6 Å². The minimum Gasteiger partial charge on any atom is -0.461 e. The molecule has 0 fully saturated rings. The number of sulfone groups is 2. The second-order valence-electron chi connectivity index (χ2n) is 8.48. The number of esters is 2. The maximum atomic E-state index is 11.5. The summed E-state index contributed by atoms with van der Waals surface area (Å²) in [6.45, 7) is 4.16. The molecule has 2 heterocycles. The van der Waals surface area contributed by atoms with Gasteiger partial charge in [0.2, 0.25) is 0 Å². The van der Waals surface area contributed by atoms with Crippen molar-refractivity contribution >= 4 is 82.8 Å². The third-order valence-corrected chi connectivity index (χ3v) is 9.52. The quantitative estimate of drug-likeness (QED) is 0.198. The Labute approximate surface area is 271 Å². The molecule has 0 unspecified atom stereocenters. The molecule has 44 heavy (non-hydrogen) atoms. The van der Waals surface area contributed by atoms with E-state index in [0.29, 0.717) is 26.8 Å². The Morgan fingerprint density at radius 1 is 0.818 bits per heavy atom. The maximum Gasteiger partial charge on any atom is 0.488 e. The fourth-order valence-electron chi connectivity index (χ4n) is 3.02. The lowest BCUT2D eigenvalue weighted by molar-refractivity contribution is 0.0511. The molecule has 0 aliphatic rings. The van der Waals surface area contributed by atoms with Crippen LogP contribution in [0.3, 0.4) is 0 Å². The van der Waals surface area contributed by atoms with Gasteiger partial charge in [-0.15, -0.1) is 22.7 Å². The lowest BCUT2D eigenvalue weighted by atomic mass is 9.80. The highest BCUT2D eigenvalue weighted by Crippen LogP contribution is 2.26. The van der Waals surface area contributed by atoms with E-state index in [0.717, 1.165) is 12.5 Å². The third-order valence-electron chi connectivity index (χ3n) is 5.04. The van der Waals surface area contributed by atoms with Crippen LogP contribution in [0.2, 0.25) is 0 Å². The molecule has 0 aliphatic carbocycles. The molecule has 0 spiro atoms. The average molecular weight is 747 g/mol. The Kier molecular flexibility index (Phi) is 14.3. The van der Waals surface area contributed by atoms with E-state index in [1.165, 1.54) is 53.0 Å².